The Balaban J connectivity index is 1.49. The molecule has 13 nitrogen and oxygen atoms in total. The second kappa shape index (κ2) is 9.84. The van der Waals surface area contributed by atoms with Gasteiger partial charge in [-0.05, 0) is 24.9 Å². The molecule has 5 rings (SSSR count). The lowest BCUT2D eigenvalue weighted by atomic mass is 10.3. The summed E-state index contributed by atoms with van der Waals surface area (Å²) in [7, 11) is 1.44. The molecule has 4 heterocycles. The Kier molecular flexibility index (Phi) is 3.95. The largest absolute Gasteiger partial charge is 0.463 e. The predicted molar refractivity (Wildman–Crippen MR) is 129 cm³/mol. The molecule has 0 radical (unpaired) electrons. The van der Waals surface area contributed by atoms with Crippen LogP contribution >= 0.6 is 0 Å². The summed E-state index contributed by atoms with van der Waals surface area (Å²) >= 11 is 0. The maximum Gasteiger partial charge on any atom is 0.332 e. The van der Waals surface area contributed by atoms with E-state index in [1.54, 1.807) is 18.2 Å². The number of carbonyl (C=O) groups is 1. The fourth-order valence-corrected chi connectivity index (χ4v) is 3.70. The summed E-state index contributed by atoms with van der Waals surface area (Å²) in [6, 6.07) is 4.81. The number of azo groups is 2. The summed E-state index contributed by atoms with van der Waals surface area (Å²) in [6.45, 7) is -9.34. The van der Waals surface area contributed by atoms with E-state index in [0.29, 0.717) is 21.8 Å². The smallest absolute Gasteiger partial charge is 0.332 e. The van der Waals surface area contributed by atoms with Gasteiger partial charge in [0.05, 0.1) is 6.08 Å². The Labute approximate surface area is 224 Å². The Hall–Kier alpha value is -4.55. The van der Waals surface area contributed by atoms with Crippen LogP contribution in [0.25, 0.3) is 0 Å². The van der Waals surface area contributed by atoms with Crippen molar-refractivity contribution in [1.29, 1.82) is 0 Å². The fourth-order valence-electron chi connectivity index (χ4n) is 3.70. The Morgan fingerprint density at radius 3 is 2.78 bits per heavy atom. The summed E-state index contributed by atoms with van der Waals surface area (Å²) < 4.78 is 95.0. The average molecular weight is 529 g/mol. The third kappa shape index (κ3) is 4.55. The van der Waals surface area contributed by atoms with Crippen LogP contribution < -0.4 is 36.9 Å². The Morgan fingerprint density at radius 1 is 1.19 bits per heavy atom. The van der Waals surface area contributed by atoms with Crippen LogP contribution in [0.1, 0.15) is 40.2 Å². The molecule has 0 saturated heterocycles. The molecule has 1 N–H and O–H groups in total. The first-order valence-electron chi connectivity index (χ1n) is 15.7. The highest BCUT2D eigenvalue weighted by Gasteiger charge is 2.28. The number of nitrogens with one attached hydrogen (secondary N) is 1. The summed E-state index contributed by atoms with van der Waals surface area (Å²) in [4.78, 5) is 47.6. The van der Waals surface area contributed by atoms with Crippen molar-refractivity contribution in [1.82, 2.24) is 9.13 Å². The van der Waals surface area contributed by atoms with E-state index in [-0.39, 0.29) is 28.8 Å². The van der Waals surface area contributed by atoms with Crippen LogP contribution in [0.15, 0.2) is 66.4 Å². The van der Waals surface area contributed by atoms with Crippen LogP contribution in [0, 0.1) is 0 Å². The highest BCUT2D eigenvalue weighted by molar-refractivity contribution is 5.92. The molecule has 192 valence electrons. The summed E-state index contributed by atoms with van der Waals surface area (Å²) in [5.74, 6) is 0.132. The monoisotopic (exact) mass is 528 g/mol. The predicted octanol–water partition coefficient (Wildman–Crippen LogP) is 0.585. The number of fused-ring (bicyclic) bond motifs is 2. The highest BCUT2D eigenvalue weighted by Crippen LogP contribution is 2.34. The zero-order valence-corrected chi connectivity index (χ0v) is 19.3. The number of amides is 1. The first-order valence-corrected chi connectivity index (χ1v) is 10.7. The molecule has 2 aromatic rings. The van der Waals surface area contributed by atoms with Crippen molar-refractivity contribution < 1.29 is 37.4 Å². The fraction of sp³-hybridized carbons (Fsp3) is 0.375. The van der Waals surface area contributed by atoms with Crippen molar-refractivity contribution in [2.45, 2.75) is 39.5 Å². The molecule has 1 aromatic heterocycles. The molecule has 1 aromatic carbocycles. The lowest BCUT2D eigenvalue weighted by Gasteiger charge is -2.07. The van der Waals surface area contributed by atoms with Crippen LogP contribution in [0.5, 0.6) is 11.5 Å². The van der Waals surface area contributed by atoms with Gasteiger partial charge in [-0.2, -0.15) is 0 Å². The normalized spacial score (nSPS) is 22.5. The van der Waals surface area contributed by atoms with Gasteiger partial charge < -0.3 is 19.5 Å². The minimum atomic E-state index is -3.26. The number of nitrogens with zero attached hydrogens (tertiary/aromatic N) is 6. The van der Waals surface area contributed by atoms with Crippen LogP contribution in [0.4, 0.5) is 5.69 Å². The molecule has 13 heteroatoms. The van der Waals surface area contributed by atoms with E-state index < -0.39 is 74.1 Å². The molecule has 0 bridgehead atoms. The lowest BCUT2D eigenvalue weighted by Crippen LogP contribution is -2.57. The SMILES string of the molecule is [3H]C([3H])([3H])C([3H])([3H])Cn1c(=O)c2c(n(CC([3H])([3H])C([3H])([3H])[3H])c1=O)=N/C(=C1/C=C(OCC(=O)Nc3ccc4c(c3)OCO4)N=[N+]1C)N=2. The second-order valence-corrected chi connectivity index (χ2v) is 7.73. The summed E-state index contributed by atoms with van der Waals surface area (Å²) in [5, 5.41) is 6.17. The molecule has 0 fully saturated rings. The first-order chi connectivity index (χ1) is 21.7. The number of rotatable bonds is 8. The van der Waals surface area contributed by atoms with Crippen molar-refractivity contribution in [3.05, 3.63) is 73.4 Å². The van der Waals surface area contributed by atoms with E-state index in [4.69, 9.17) is 27.9 Å². The number of hydrogen-bond donors (Lipinski definition) is 1. The quantitative estimate of drug-likeness (QED) is 0.497. The zero-order valence-electron chi connectivity index (χ0n) is 29.3. The number of anilines is 1. The molecule has 3 aliphatic rings. The van der Waals surface area contributed by atoms with Crippen LogP contribution in [0.3, 0.4) is 0 Å². The number of hydrogen-bond acceptors (Lipinski definition) is 9. The van der Waals surface area contributed by atoms with Gasteiger partial charge in [-0.15, -0.1) is 0 Å². The standard InChI is InChI=1S/C24H25N7O6/c1-4-8-30-22-20(23(33)31(9-5-2)24(30)34)26-21(27-22)15-11-19(28-29(15)3)35-12-18(32)25-14-6-7-16-17(10-14)37-13-36-16/h6-7,10-11H,4-5,8-9,12-13H2,1-3H3/p+1/i1T3,2T3,4T2,5T2. The van der Waals surface area contributed by atoms with E-state index in [1.807, 2.05) is 0 Å². The van der Waals surface area contributed by atoms with Gasteiger partial charge in [-0.1, -0.05) is 18.4 Å². The first kappa shape index (κ1) is 14.9. The maximum absolute atomic E-state index is 13.4. The van der Waals surface area contributed by atoms with Crippen molar-refractivity contribution in [3.63, 3.8) is 0 Å². The van der Waals surface area contributed by atoms with E-state index in [2.05, 4.69) is 20.4 Å². The van der Waals surface area contributed by atoms with Gasteiger partial charge in [-0.25, -0.2) is 14.8 Å². The minimum absolute atomic E-state index is 0.0633. The number of aromatic nitrogens is 2. The van der Waals surface area contributed by atoms with E-state index in [0.717, 1.165) is 0 Å². The van der Waals surface area contributed by atoms with E-state index in [1.165, 1.54) is 17.8 Å². The molecule has 0 saturated carbocycles. The molecule has 0 atom stereocenters. The molecule has 37 heavy (non-hydrogen) atoms. The molecule has 0 spiro atoms. The number of carbonyl (C=O) groups excluding carboxylic acids is 1. The van der Waals surface area contributed by atoms with Crippen LogP contribution in [-0.2, 0) is 22.6 Å². The molecular formula is C24H26N7O6+. The van der Waals surface area contributed by atoms with Gasteiger partial charge in [0.2, 0.25) is 12.6 Å². The number of ether oxygens (including phenoxy) is 3. The third-order valence-electron chi connectivity index (χ3n) is 5.37. The second-order valence-electron chi connectivity index (χ2n) is 7.73. The summed E-state index contributed by atoms with van der Waals surface area (Å²) in [5.41, 5.74) is -2.64. The number of benzene rings is 1. The lowest BCUT2D eigenvalue weighted by molar-refractivity contribution is -0.506. The highest BCUT2D eigenvalue weighted by atomic mass is 16.7. The molecule has 3 aliphatic heterocycles. The van der Waals surface area contributed by atoms with Gasteiger partial charge in [-0.3, -0.25) is 18.7 Å². The zero-order chi connectivity index (χ0) is 34.7. The molecule has 0 unspecified atom stereocenters. The van der Waals surface area contributed by atoms with Crippen molar-refractivity contribution in [2.75, 3.05) is 25.8 Å². The van der Waals surface area contributed by atoms with Crippen molar-refractivity contribution in [2.24, 2.45) is 15.1 Å². The van der Waals surface area contributed by atoms with Crippen molar-refractivity contribution >= 4 is 11.6 Å². The number of likely N-dealkylation sites (N-methyl/N-ethyl adjacent to an activating group) is 1. The van der Waals surface area contributed by atoms with Gasteiger partial charge in [0, 0.05) is 43.7 Å². The average Bonchev–Trinajstić information content (AvgIpc) is 3.69. The van der Waals surface area contributed by atoms with Gasteiger partial charge in [0.15, 0.2) is 36.0 Å². The summed E-state index contributed by atoms with van der Waals surface area (Å²) in [6.07, 6.45) is -4.82. The van der Waals surface area contributed by atoms with E-state index >= 15 is 0 Å². The van der Waals surface area contributed by atoms with E-state index in [9.17, 15) is 14.4 Å². The van der Waals surface area contributed by atoms with Gasteiger partial charge in [0.25, 0.3) is 23.0 Å². The number of allylic oxidation sites excluding steroid dienone is 1. The Morgan fingerprint density at radius 2 is 1.97 bits per heavy atom. The van der Waals surface area contributed by atoms with Gasteiger partial charge in [0.1, 0.15) is 0 Å². The topological polar surface area (TPSA) is 141 Å². The van der Waals surface area contributed by atoms with Crippen LogP contribution in [-0.4, -0.2) is 40.2 Å². The van der Waals surface area contributed by atoms with Crippen LogP contribution in [0.2, 0.25) is 0 Å². The molecule has 0 aliphatic carbocycles. The maximum atomic E-state index is 13.4. The van der Waals surface area contributed by atoms with Crippen molar-refractivity contribution in [3.8, 4) is 11.5 Å². The minimum Gasteiger partial charge on any atom is -0.463 e. The third-order valence-corrected chi connectivity index (χ3v) is 5.37. The molecule has 1 amide bonds. The van der Waals surface area contributed by atoms with Gasteiger partial charge >= 0.3 is 5.69 Å². The molecular weight excluding hydrogens is 482 g/mol. The Bertz CT molecular complexity index is 2010.